The zero-order chi connectivity index (χ0) is 20.5. The van der Waals surface area contributed by atoms with Gasteiger partial charge in [0.2, 0.25) is 0 Å². The van der Waals surface area contributed by atoms with Gasteiger partial charge in [-0.25, -0.2) is 4.98 Å². The van der Waals surface area contributed by atoms with Crippen LogP contribution in [0.1, 0.15) is 17.2 Å². The summed E-state index contributed by atoms with van der Waals surface area (Å²) in [5.74, 6) is 1.12. The lowest BCUT2D eigenvalue weighted by molar-refractivity contribution is 0.461. The minimum atomic E-state index is -0.244. The topological polar surface area (TPSA) is 38.0 Å². The summed E-state index contributed by atoms with van der Waals surface area (Å²) in [5, 5.41) is 10.8. The summed E-state index contributed by atoms with van der Waals surface area (Å²) in [6, 6.07) is 33.9. The number of halogens is 1. The molecule has 0 amide bonds. The maximum absolute atomic E-state index is 10.8. The Balaban J connectivity index is 1.87. The lowest BCUT2D eigenvalue weighted by Gasteiger charge is -2.24. The molecule has 0 spiro atoms. The fraction of sp³-hybridized carbons (Fsp3) is 0.0385. The zero-order valence-corrected chi connectivity index (χ0v) is 17.7. The first-order chi connectivity index (χ1) is 14.7. The molecule has 0 saturated carbocycles. The van der Waals surface area contributed by atoms with Crippen LogP contribution >= 0.6 is 15.9 Å². The van der Waals surface area contributed by atoms with Crippen molar-refractivity contribution >= 4 is 27.0 Å². The van der Waals surface area contributed by atoms with Crippen molar-refractivity contribution in [3.63, 3.8) is 0 Å². The molecule has 0 aliphatic rings. The van der Waals surface area contributed by atoms with Crippen LogP contribution in [0.15, 0.2) is 108 Å². The maximum atomic E-state index is 10.8. The second-order valence-corrected chi connectivity index (χ2v) is 8.09. The van der Waals surface area contributed by atoms with Crippen LogP contribution in [0.3, 0.4) is 0 Å². The first kappa shape index (κ1) is 18.6. The van der Waals surface area contributed by atoms with E-state index in [4.69, 9.17) is 4.98 Å². The third-order valence-corrected chi connectivity index (χ3v) is 5.78. The van der Waals surface area contributed by atoms with Crippen molar-refractivity contribution < 1.29 is 5.11 Å². The van der Waals surface area contributed by atoms with Gasteiger partial charge in [-0.3, -0.25) is 0 Å². The minimum Gasteiger partial charge on any atom is -0.508 e. The van der Waals surface area contributed by atoms with Gasteiger partial charge in [-0.15, -0.1) is 0 Å². The summed E-state index contributed by atoms with van der Waals surface area (Å²) in [4.78, 5) is 4.98. The Morgan fingerprint density at radius 1 is 0.767 bits per heavy atom. The van der Waals surface area contributed by atoms with Gasteiger partial charge in [0.25, 0.3) is 0 Å². The van der Waals surface area contributed by atoms with Gasteiger partial charge in [-0.2, -0.15) is 0 Å². The van der Waals surface area contributed by atoms with Gasteiger partial charge in [0.05, 0.1) is 17.1 Å². The fourth-order valence-corrected chi connectivity index (χ4v) is 4.32. The molecule has 5 rings (SSSR count). The highest BCUT2D eigenvalue weighted by atomic mass is 79.9. The molecule has 1 unspecified atom stereocenters. The number of fused-ring (bicyclic) bond motifs is 1. The minimum absolute atomic E-state index is 0.244. The molecule has 0 bridgehead atoms. The van der Waals surface area contributed by atoms with Crippen LogP contribution < -0.4 is 0 Å². The number of phenols is 1. The summed E-state index contributed by atoms with van der Waals surface area (Å²) >= 11 is 3.58. The van der Waals surface area contributed by atoms with Crippen LogP contribution in [0.4, 0.5) is 0 Å². The number of aromatic nitrogens is 2. The van der Waals surface area contributed by atoms with Crippen molar-refractivity contribution in [3.8, 4) is 17.1 Å². The van der Waals surface area contributed by atoms with E-state index in [9.17, 15) is 5.11 Å². The molecule has 0 saturated heterocycles. The standard InChI is InChI=1S/C26H19BrN2O/c27-20-15-16-24(30)21(17-20)25(18-9-3-1-4-10-18)29-23-14-8-7-13-22(23)28-26(29)19-11-5-2-6-12-19/h1-17,25,30H. The van der Waals surface area contributed by atoms with Gasteiger partial charge in [-0.1, -0.05) is 88.7 Å². The van der Waals surface area contributed by atoms with Crippen LogP contribution in [0.2, 0.25) is 0 Å². The molecule has 5 aromatic rings. The molecular formula is C26H19BrN2O. The second kappa shape index (κ2) is 7.81. The zero-order valence-electron chi connectivity index (χ0n) is 16.1. The predicted octanol–water partition coefficient (Wildman–Crippen LogP) is 6.81. The largest absolute Gasteiger partial charge is 0.508 e. The number of hydrogen-bond donors (Lipinski definition) is 1. The highest BCUT2D eigenvalue weighted by molar-refractivity contribution is 9.10. The summed E-state index contributed by atoms with van der Waals surface area (Å²) in [7, 11) is 0. The average Bonchev–Trinajstić information content (AvgIpc) is 3.17. The van der Waals surface area contributed by atoms with E-state index in [0.29, 0.717) is 0 Å². The Bertz CT molecular complexity index is 1310. The van der Waals surface area contributed by atoms with E-state index in [1.165, 1.54) is 0 Å². The van der Waals surface area contributed by atoms with E-state index in [2.05, 4.69) is 50.8 Å². The Morgan fingerprint density at radius 3 is 2.20 bits per heavy atom. The van der Waals surface area contributed by atoms with E-state index >= 15 is 0 Å². The van der Waals surface area contributed by atoms with Gasteiger partial charge in [-0.05, 0) is 35.9 Å². The fourth-order valence-electron chi connectivity index (χ4n) is 3.94. The number of para-hydroxylation sites is 2. The summed E-state index contributed by atoms with van der Waals surface area (Å²) in [6.07, 6.45) is 0. The van der Waals surface area contributed by atoms with Crippen molar-refractivity contribution in [1.82, 2.24) is 9.55 Å². The summed E-state index contributed by atoms with van der Waals surface area (Å²) < 4.78 is 3.14. The molecule has 3 nitrogen and oxygen atoms in total. The number of nitrogens with zero attached hydrogens (tertiary/aromatic N) is 2. The van der Waals surface area contributed by atoms with Crippen molar-refractivity contribution in [1.29, 1.82) is 0 Å². The lowest BCUT2D eigenvalue weighted by atomic mass is 9.96. The van der Waals surface area contributed by atoms with E-state index < -0.39 is 0 Å². The van der Waals surface area contributed by atoms with Crippen LogP contribution in [-0.4, -0.2) is 14.7 Å². The number of aromatic hydroxyl groups is 1. The number of hydrogen-bond acceptors (Lipinski definition) is 2. The van der Waals surface area contributed by atoms with E-state index in [1.54, 1.807) is 6.07 Å². The third-order valence-electron chi connectivity index (χ3n) is 5.29. The van der Waals surface area contributed by atoms with Crippen molar-refractivity contribution in [2.75, 3.05) is 0 Å². The van der Waals surface area contributed by atoms with Gasteiger partial charge < -0.3 is 9.67 Å². The molecule has 4 heteroatoms. The van der Waals surface area contributed by atoms with Crippen molar-refractivity contribution in [2.45, 2.75) is 6.04 Å². The van der Waals surface area contributed by atoms with E-state index in [-0.39, 0.29) is 11.8 Å². The Labute approximate surface area is 183 Å². The van der Waals surface area contributed by atoms with Crippen LogP contribution in [0.5, 0.6) is 5.75 Å². The molecular weight excluding hydrogens is 436 g/mol. The quantitative estimate of drug-likeness (QED) is 0.323. The van der Waals surface area contributed by atoms with Crippen LogP contribution in [0.25, 0.3) is 22.4 Å². The van der Waals surface area contributed by atoms with Crippen LogP contribution in [0, 0.1) is 0 Å². The second-order valence-electron chi connectivity index (χ2n) is 7.18. The molecule has 0 aliphatic heterocycles. The Kier molecular flexibility index (Phi) is 4.85. The van der Waals surface area contributed by atoms with Gasteiger partial charge in [0.15, 0.2) is 0 Å². The maximum Gasteiger partial charge on any atom is 0.141 e. The molecule has 1 atom stereocenters. The smallest absolute Gasteiger partial charge is 0.141 e. The summed E-state index contributed by atoms with van der Waals surface area (Å²) in [5.41, 5.74) is 4.86. The first-order valence-electron chi connectivity index (χ1n) is 9.78. The first-order valence-corrected chi connectivity index (χ1v) is 10.6. The molecule has 1 heterocycles. The summed E-state index contributed by atoms with van der Waals surface area (Å²) in [6.45, 7) is 0. The number of imidazole rings is 1. The molecule has 146 valence electrons. The van der Waals surface area contributed by atoms with Gasteiger partial charge >= 0.3 is 0 Å². The molecule has 1 aromatic heterocycles. The number of phenolic OH excluding ortho intramolecular Hbond substituents is 1. The SMILES string of the molecule is Oc1ccc(Br)cc1C(c1ccccc1)n1c(-c2ccccc2)nc2ccccc21. The Morgan fingerprint density at radius 2 is 1.43 bits per heavy atom. The van der Waals surface area contributed by atoms with Crippen molar-refractivity contribution in [3.05, 3.63) is 119 Å². The van der Waals surface area contributed by atoms with Crippen molar-refractivity contribution in [2.24, 2.45) is 0 Å². The van der Waals surface area contributed by atoms with E-state index in [0.717, 1.165) is 38.0 Å². The average molecular weight is 455 g/mol. The number of benzene rings is 4. The molecule has 0 fully saturated rings. The lowest BCUT2D eigenvalue weighted by Crippen LogP contribution is -2.14. The molecule has 0 aliphatic carbocycles. The molecule has 30 heavy (non-hydrogen) atoms. The van der Waals surface area contributed by atoms with Gasteiger partial charge in [0.1, 0.15) is 11.6 Å². The molecule has 0 radical (unpaired) electrons. The monoisotopic (exact) mass is 454 g/mol. The highest BCUT2D eigenvalue weighted by Gasteiger charge is 2.25. The Hall–Kier alpha value is -3.37. The predicted molar refractivity (Wildman–Crippen MR) is 125 cm³/mol. The normalized spacial score (nSPS) is 12.2. The number of rotatable bonds is 4. The molecule has 1 N–H and O–H groups in total. The third kappa shape index (κ3) is 3.29. The van der Waals surface area contributed by atoms with Gasteiger partial charge in [0, 0.05) is 15.6 Å². The highest BCUT2D eigenvalue weighted by Crippen LogP contribution is 2.39. The van der Waals surface area contributed by atoms with Crippen LogP contribution in [-0.2, 0) is 0 Å². The van der Waals surface area contributed by atoms with E-state index in [1.807, 2.05) is 66.7 Å². The molecule has 4 aromatic carbocycles.